The molecule has 0 saturated carbocycles. The average Bonchev–Trinajstić information content (AvgIpc) is 3.09. The van der Waals surface area contributed by atoms with Crippen LogP contribution in [-0.4, -0.2) is 26.8 Å². The van der Waals surface area contributed by atoms with E-state index in [1.807, 2.05) is 6.07 Å². The molecule has 1 unspecified atom stereocenters. The molecule has 1 fully saturated rings. The summed E-state index contributed by atoms with van der Waals surface area (Å²) < 4.78 is 0. The van der Waals surface area contributed by atoms with Gasteiger partial charge in [-0.05, 0) is 35.9 Å². The molecular formula is C24H15N3O6. The van der Waals surface area contributed by atoms with Gasteiger partial charge in [-0.2, -0.15) is 5.26 Å². The maximum atomic E-state index is 13.1. The fraction of sp³-hybridized carbons (Fsp3) is 0.0417. The second-order valence-corrected chi connectivity index (χ2v) is 7.20. The van der Waals surface area contributed by atoms with E-state index in [0.717, 1.165) is 17.0 Å². The highest BCUT2D eigenvalue weighted by molar-refractivity contribution is 6.51. The van der Waals surface area contributed by atoms with Crippen LogP contribution in [0.25, 0.3) is 5.76 Å². The van der Waals surface area contributed by atoms with E-state index in [-0.39, 0.29) is 22.4 Å². The molecule has 0 aliphatic carbocycles. The number of aliphatic hydroxyl groups excluding tert-OH is 1. The molecule has 4 rings (SSSR count). The molecule has 3 aromatic carbocycles. The Kier molecular flexibility index (Phi) is 5.34. The molecule has 1 heterocycles. The number of carbonyl (C=O) groups is 2. The van der Waals surface area contributed by atoms with Crippen molar-refractivity contribution in [1.82, 2.24) is 0 Å². The number of phenolic OH excluding ortho intramolecular Hbond substituents is 1. The Hall–Kier alpha value is -4.97. The summed E-state index contributed by atoms with van der Waals surface area (Å²) in [6, 6.07) is 18.2. The highest BCUT2D eigenvalue weighted by atomic mass is 16.6. The summed E-state index contributed by atoms with van der Waals surface area (Å²) in [4.78, 5) is 37.8. The molecule has 9 heteroatoms. The number of hydrogen-bond donors (Lipinski definition) is 2. The van der Waals surface area contributed by atoms with E-state index >= 15 is 0 Å². The van der Waals surface area contributed by atoms with Gasteiger partial charge in [-0.15, -0.1) is 0 Å². The molecule has 1 atom stereocenters. The van der Waals surface area contributed by atoms with Gasteiger partial charge >= 0.3 is 5.69 Å². The molecule has 0 radical (unpaired) electrons. The summed E-state index contributed by atoms with van der Waals surface area (Å²) in [5.41, 5.74) is 0.141. The van der Waals surface area contributed by atoms with E-state index < -0.39 is 39.9 Å². The number of aromatic hydroxyl groups is 1. The van der Waals surface area contributed by atoms with Crippen LogP contribution in [0.5, 0.6) is 5.75 Å². The lowest BCUT2D eigenvalue weighted by Gasteiger charge is -2.25. The minimum Gasteiger partial charge on any atom is -0.507 e. The lowest BCUT2D eigenvalue weighted by atomic mass is 9.94. The number of Topliss-reactive ketones (excluding diaryl/α,β-unsaturated/α-hetero) is 1. The number of ketones is 1. The van der Waals surface area contributed by atoms with Crippen molar-refractivity contribution < 1.29 is 24.7 Å². The number of nitro benzene ring substituents is 1. The summed E-state index contributed by atoms with van der Waals surface area (Å²) in [6.07, 6.45) is 0. The van der Waals surface area contributed by atoms with Crippen LogP contribution in [-0.2, 0) is 9.59 Å². The van der Waals surface area contributed by atoms with Gasteiger partial charge in [0.2, 0.25) is 0 Å². The highest BCUT2D eigenvalue weighted by Gasteiger charge is 2.47. The van der Waals surface area contributed by atoms with Crippen molar-refractivity contribution in [3.05, 3.63) is 105 Å². The van der Waals surface area contributed by atoms with Gasteiger partial charge in [-0.3, -0.25) is 24.6 Å². The number of phenols is 1. The number of benzene rings is 3. The minimum absolute atomic E-state index is 0.139. The first kappa shape index (κ1) is 21.3. The van der Waals surface area contributed by atoms with Crippen molar-refractivity contribution in [2.45, 2.75) is 6.04 Å². The maximum Gasteiger partial charge on any atom is 0.311 e. The predicted molar refractivity (Wildman–Crippen MR) is 117 cm³/mol. The van der Waals surface area contributed by atoms with Crippen molar-refractivity contribution >= 4 is 28.8 Å². The number of hydrogen-bond acceptors (Lipinski definition) is 7. The molecule has 1 amide bonds. The summed E-state index contributed by atoms with van der Waals surface area (Å²) in [5.74, 6) is -2.94. The van der Waals surface area contributed by atoms with Crippen LogP contribution in [0, 0.1) is 21.4 Å². The van der Waals surface area contributed by atoms with E-state index in [1.165, 1.54) is 30.3 Å². The van der Waals surface area contributed by atoms with Crippen LogP contribution >= 0.6 is 0 Å². The third-order valence-corrected chi connectivity index (χ3v) is 5.28. The monoisotopic (exact) mass is 441 g/mol. The smallest absolute Gasteiger partial charge is 0.311 e. The number of aliphatic hydroxyl groups is 1. The fourth-order valence-corrected chi connectivity index (χ4v) is 3.72. The number of carbonyl (C=O) groups excluding carboxylic acids is 2. The van der Waals surface area contributed by atoms with Gasteiger partial charge in [0.15, 0.2) is 5.75 Å². The Labute approximate surface area is 187 Å². The minimum atomic E-state index is -1.21. The first-order chi connectivity index (χ1) is 15.8. The standard InChI is InChI=1S/C24H15N3O6/c25-13-14-6-9-17(10-7-14)26-21(16-8-11-19(28)18(12-16)27(32)33)20(23(30)24(26)31)22(29)15-4-2-1-3-5-15/h1-12,21,28-29H/b22-20-. The maximum absolute atomic E-state index is 13.1. The van der Waals surface area contributed by atoms with Crippen molar-refractivity contribution in [3.8, 4) is 11.8 Å². The molecule has 162 valence electrons. The van der Waals surface area contributed by atoms with Gasteiger partial charge in [0, 0.05) is 17.3 Å². The van der Waals surface area contributed by atoms with E-state index in [9.17, 15) is 29.9 Å². The number of nitro groups is 1. The SMILES string of the molecule is N#Cc1ccc(N2C(=O)C(=O)/C(=C(\O)c3ccccc3)C2c2ccc(O)c([N+](=O)[O-])c2)cc1. The van der Waals surface area contributed by atoms with Gasteiger partial charge in [-0.1, -0.05) is 36.4 Å². The zero-order chi connectivity index (χ0) is 23.7. The molecule has 1 aliphatic heterocycles. The summed E-state index contributed by atoms with van der Waals surface area (Å²) in [5, 5.41) is 41.3. The molecule has 2 N–H and O–H groups in total. The number of nitriles is 1. The van der Waals surface area contributed by atoms with Crippen molar-refractivity contribution in [1.29, 1.82) is 5.26 Å². The Morgan fingerprint density at radius 3 is 2.30 bits per heavy atom. The van der Waals surface area contributed by atoms with Crippen molar-refractivity contribution in [2.75, 3.05) is 4.90 Å². The zero-order valence-corrected chi connectivity index (χ0v) is 16.9. The molecule has 1 saturated heterocycles. The van der Waals surface area contributed by atoms with E-state index in [0.29, 0.717) is 5.56 Å². The van der Waals surface area contributed by atoms with Crippen molar-refractivity contribution in [3.63, 3.8) is 0 Å². The molecule has 33 heavy (non-hydrogen) atoms. The van der Waals surface area contributed by atoms with Crippen LogP contribution in [0.2, 0.25) is 0 Å². The molecule has 3 aromatic rings. The number of anilines is 1. The first-order valence-electron chi connectivity index (χ1n) is 9.67. The van der Waals surface area contributed by atoms with E-state index in [1.54, 1.807) is 30.3 Å². The van der Waals surface area contributed by atoms with Gasteiger partial charge in [0.05, 0.1) is 28.2 Å². The van der Waals surface area contributed by atoms with Gasteiger partial charge < -0.3 is 10.2 Å². The van der Waals surface area contributed by atoms with E-state index in [2.05, 4.69) is 0 Å². The molecule has 0 spiro atoms. The summed E-state index contributed by atoms with van der Waals surface area (Å²) >= 11 is 0. The van der Waals surface area contributed by atoms with Gasteiger partial charge in [0.25, 0.3) is 11.7 Å². The molecule has 1 aliphatic rings. The second-order valence-electron chi connectivity index (χ2n) is 7.20. The van der Waals surface area contributed by atoms with Crippen LogP contribution in [0.1, 0.15) is 22.7 Å². The average molecular weight is 441 g/mol. The fourth-order valence-electron chi connectivity index (χ4n) is 3.72. The molecule has 9 nitrogen and oxygen atoms in total. The first-order valence-corrected chi connectivity index (χ1v) is 9.67. The van der Waals surface area contributed by atoms with Crippen LogP contribution in [0.4, 0.5) is 11.4 Å². The Morgan fingerprint density at radius 1 is 1.03 bits per heavy atom. The van der Waals surface area contributed by atoms with Crippen LogP contribution in [0.15, 0.2) is 78.4 Å². The topological polar surface area (TPSA) is 145 Å². The zero-order valence-electron chi connectivity index (χ0n) is 16.9. The Morgan fingerprint density at radius 2 is 1.70 bits per heavy atom. The summed E-state index contributed by atoms with van der Waals surface area (Å²) in [6.45, 7) is 0. The highest BCUT2D eigenvalue weighted by Crippen LogP contribution is 2.43. The predicted octanol–water partition coefficient (Wildman–Crippen LogP) is 3.80. The van der Waals surface area contributed by atoms with Crippen LogP contribution < -0.4 is 4.90 Å². The lowest BCUT2D eigenvalue weighted by molar-refractivity contribution is -0.385. The van der Waals surface area contributed by atoms with Crippen LogP contribution in [0.3, 0.4) is 0 Å². The largest absolute Gasteiger partial charge is 0.507 e. The normalized spacial score (nSPS) is 17.1. The molecule has 0 aromatic heterocycles. The number of nitrogens with zero attached hydrogens (tertiary/aromatic N) is 3. The van der Waals surface area contributed by atoms with Gasteiger partial charge in [-0.25, -0.2) is 0 Å². The Balaban J connectivity index is 1.98. The number of amides is 1. The van der Waals surface area contributed by atoms with E-state index in [4.69, 9.17) is 5.26 Å². The second kappa shape index (κ2) is 8.28. The van der Waals surface area contributed by atoms with Crippen molar-refractivity contribution in [2.24, 2.45) is 0 Å². The molecule has 0 bridgehead atoms. The quantitative estimate of drug-likeness (QED) is 0.206. The summed E-state index contributed by atoms with van der Waals surface area (Å²) in [7, 11) is 0. The third-order valence-electron chi connectivity index (χ3n) is 5.28. The number of rotatable bonds is 4. The third kappa shape index (κ3) is 3.66. The van der Waals surface area contributed by atoms with Gasteiger partial charge in [0.1, 0.15) is 5.76 Å². The lowest BCUT2D eigenvalue weighted by Crippen LogP contribution is -2.29. The Bertz CT molecular complexity index is 1360. The molecular weight excluding hydrogens is 426 g/mol.